The molecule has 1 amide bonds. The highest BCUT2D eigenvalue weighted by Gasteiger charge is 2.33. The summed E-state index contributed by atoms with van der Waals surface area (Å²) in [6, 6.07) is 13.4. The minimum atomic E-state index is -3.55. The van der Waals surface area contributed by atoms with Crippen molar-refractivity contribution in [1.29, 1.82) is 0 Å². The Labute approximate surface area is 235 Å². The summed E-state index contributed by atoms with van der Waals surface area (Å²) in [4.78, 5) is 12.7. The lowest BCUT2D eigenvalue weighted by Gasteiger charge is -2.30. The molecule has 6 rings (SSSR count). The number of nitrogens with one attached hydrogen (secondary N) is 1. The van der Waals surface area contributed by atoms with Crippen molar-refractivity contribution in [3.8, 4) is 17.0 Å². The van der Waals surface area contributed by atoms with Gasteiger partial charge in [0.15, 0.2) is 9.84 Å². The molecule has 3 aliphatic rings. The number of sulfone groups is 1. The second-order valence-electron chi connectivity index (χ2n) is 11.3. The van der Waals surface area contributed by atoms with Gasteiger partial charge in [-0.05, 0) is 74.8 Å². The number of nitrogens with zero attached hydrogens (tertiary/aromatic N) is 1. The van der Waals surface area contributed by atoms with Crippen molar-refractivity contribution in [2.24, 2.45) is 5.92 Å². The zero-order chi connectivity index (χ0) is 27.9. The normalized spacial score (nSPS) is 19.2. The number of aromatic nitrogens is 1. The summed E-state index contributed by atoms with van der Waals surface area (Å²) in [5.41, 5.74) is 3.00. The van der Waals surface area contributed by atoms with Gasteiger partial charge in [-0.25, -0.2) is 13.2 Å². The molecule has 0 spiro atoms. The van der Waals surface area contributed by atoms with Crippen molar-refractivity contribution >= 4 is 32.5 Å². The molecule has 2 heterocycles. The highest BCUT2D eigenvalue weighted by Crippen LogP contribution is 2.46. The smallest absolute Gasteiger partial charge is 0.411 e. The lowest BCUT2D eigenvalue weighted by molar-refractivity contribution is 0.0256. The molecule has 1 atom stereocenters. The summed E-state index contributed by atoms with van der Waals surface area (Å²) >= 11 is 0. The van der Waals surface area contributed by atoms with Gasteiger partial charge in [0.2, 0.25) is 0 Å². The molecule has 1 aromatic heterocycles. The zero-order valence-electron chi connectivity index (χ0n) is 23.2. The molecule has 1 N–H and O–H groups in total. The highest BCUT2D eigenvalue weighted by molar-refractivity contribution is 7.91. The summed E-state index contributed by atoms with van der Waals surface area (Å²) in [6.07, 6.45) is 6.52. The Balaban J connectivity index is 1.38. The van der Waals surface area contributed by atoms with Crippen LogP contribution in [-0.2, 0) is 19.3 Å². The number of anilines is 1. The second-order valence-corrected chi connectivity index (χ2v) is 13.5. The number of carbonyl (C=O) groups excluding carboxylic acids is 1. The van der Waals surface area contributed by atoms with E-state index >= 15 is 0 Å². The van der Waals surface area contributed by atoms with Crippen LogP contribution in [0, 0.1) is 5.92 Å². The van der Waals surface area contributed by atoms with Gasteiger partial charge in [0.25, 0.3) is 0 Å². The van der Waals surface area contributed by atoms with Crippen LogP contribution in [0.5, 0.6) is 5.75 Å². The molecule has 8 nitrogen and oxygen atoms in total. The van der Waals surface area contributed by atoms with Gasteiger partial charge in [0.1, 0.15) is 22.9 Å². The number of ether oxygens (including phenoxy) is 3. The quantitative estimate of drug-likeness (QED) is 0.308. The summed E-state index contributed by atoms with van der Waals surface area (Å²) in [5, 5.41) is 3.54. The fourth-order valence-electron chi connectivity index (χ4n) is 5.76. The summed E-state index contributed by atoms with van der Waals surface area (Å²) in [6.45, 7) is 5.00. The average Bonchev–Trinajstić information content (AvgIpc) is 3.72. The molecule has 3 fully saturated rings. The molecule has 3 aromatic rings. The van der Waals surface area contributed by atoms with Crippen LogP contribution in [0.2, 0.25) is 0 Å². The van der Waals surface area contributed by atoms with Gasteiger partial charge < -0.3 is 18.8 Å². The van der Waals surface area contributed by atoms with Gasteiger partial charge in [0.05, 0.1) is 30.2 Å². The van der Waals surface area contributed by atoms with E-state index in [0.717, 1.165) is 67.2 Å². The van der Waals surface area contributed by atoms with E-state index < -0.39 is 15.9 Å². The van der Waals surface area contributed by atoms with Crippen molar-refractivity contribution in [2.45, 2.75) is 81.9 Å². The SMILES string of the molecule is CCS(=O)(=O)c1c(-c2ccc(NC(=O)OC(C)C3CC3)cc2)n(C2CCC2)c2cc(OC3CCOCC3)ccc12. The molecular weight excluding hydrogens is 528 g/mol. The molecular formula is C31H38N2O6S. The van der Waals surface area contributed by atoms with Gasteiger partial charge in [-0.3, -0.25) is 5.32 Å². The third-order valence-electron chi connectivity index (χ3n) is 8.51. The first kappa shape index (κ1) is 27.1. The Morgan fingerprint density at radius 2 is 1.77 bits per heavy atom. The van der Waals surface area contributed by atoms with Crippen LogP contribution in [0.25, 0.3) is 22.2 Å². The van der Waals surface area contributed by atoms with E-state index in [-0.39, 0.29) is 24.0 Å². The van der Waals surface area contributed by atoms with E-state index in [0.29, 0.717) is 35.4 Å². The lowest BCUT2D eigenvalue weighted by atomic mass is 9.92. The van der Waals surface area contributed by atoms with Crippen LogP contribution in [0.1, 0.15) is 64.8 Å². The summed E-state index contributed by atoms with van der Waals surface area (Å²) < 4.78 is 46.7. The topological polar surface area (TPSA) is 95.9 Å². The van der Waals surface area contributed by atoms with Crippen LogP contribution < -0.4 is 10.1 Å². The molecule has 0 bridgehead atoms. The minimum absolute atomic E-state index is 0.00869. The summed E-state index contributed by atoms with van der Waals surface area (Å²) in [7, 11) is -3.55. The molecule has 40 heavy (non-hydrogen) atoms. The van der Waals surface area contributed by atoms with E-state index in [1.54, 1.807) is 6.92 Å². The Hall–Kier alpha value is -3.04. The maximum absolute atomic E-state index is 13.6. The van der Waals surface area contributed by atoms with E-state index in [9.17, 15) is 13.2 Å². The third kappa shape index (κ3) is 5.46. The molecule has 1 saturated heterocycles. The number of rotatable bonds is 9. The van der Waals surface area contributed by atoms with Crippen LogP contribution in [0.4, 0.5) is 10.5 Å². The number of fused-ring (bicyclic) bond motifs is 1. The molecule has 9 heteroatoms. The largest absolute Gasteiger partial charge is 0.490 e. The number of carbonyl (C=O) groups is 1. The first-order valence-corrected chi connectivity index (χ1v) is 16.2. The molecule has 0 radical (unpaired) electrons. The van der Waals surface area contributed by atoms with E-state index in [1.807, 2.05) is 49.4 Å². The molecule has 2 saturated carbocycles. The standard InChI is InChI=1S/C31H38N2O6S/c1-3-40(35,36)30-27-14-13-26(39-25-15-17-37-18-16-25)19-28(27)33(24-5-4-6-24)29(30)22-9-11-23(12-10-22)32-31(34)38-20(2)21-7-8-21/h9-14,19-21,24-25H,3-8,15-18H2,1-2H3,(H,32,34). The van der Waals surface area contributed by atoms with Crippen LogP contribution in [-0.4, -0.2) is 50.3 Å². The fourth-order valence-corrected chi connectivity index (χ4v) is 7.07. The average molecular weight is 567 g/mol. The Morgan fingerprint density at radius 1 is 1.05 bits per heavy atom. The zero-order valence-corrected chi connectivity index (χ0v) is 24.0. The Bertz CT molecular complexity index is 1480. The Kier molecular flexibility index (Phi) is 7.52. The third-order valence-corrected chi connectivity index (χ3v) is 10.3. The Morgan fingerprint density at radius 3 is 2.40 bits per heavy atom. The number of hydrogen-bond donors (Lipinski definition) is 1. The van der Waals surface area contributed by atoms with Crippen molar-refractivity contribution in [3.05, 3.63) is 42.5 Å². The molecule has 2 aliphatic carbocycles. The molecule has 1 aliphatic heterocycles. The maximum atomic E-state index is 13.6. The predicted octanol–water partition coefficient (Wildman–Crippen LogP) is 6.73. The van der Waals surface area contributed by atoms with Crippen LogP contribution in [0.15, 0.2) is 47.4 Å². The summed E-state index contributed by atoms with van der Waals surface area (Å²) in [5.74, 6) is 1.22. The molecule has 214 valence electrons. The fraction of sp³-hybridized carbons (Fsp3) is 0.516. The first-order chi connectivity index (χ1) is 19.3. The van der Waals surface area contributed by atoms with Crippen LogP contribution in [0.3, 0.4) is 0 Å². The van der Waals surface area contributed by atoms with Crippen LogP contribution >= 0.6 is 0 Å². The van der Waals surface area contributed by atoms with E-state index in [1.165, 1.54) is 0 Å². The molecule has 2 aromatic carbocycles. The van der Waals surface area contributed by atoms with Gasteiger partial charge in [-0.1, -0.05) is 19.1 Å². The lowest BCUT2D eigenvalue weighted by Crippen LogP contribution is -2.25. The first-order valence-electron chi connectivity index (χ1n) is 14.6. The van der Waals surface area contributed by atoms with Crippen molar-refractivity contribution < 1.29 is 27.4 Å². The van der Waals surface area contributed by atoms with Crippen molar-refractivity contribution in [3.63, 3.8) is 0 Å². The van der Waals surface area contributed by atoms with E-state index in [2.05, 4.69) is 9.88 Å². The van der Waals surface area contributed by atoms with Crippen molar-refractivity contribution in [2.75, 3.05) is 24.3 Å². The number of amides is 1. The maximum Gasteiger partial charge on any atom is 0.411 e. The van der Waals surface area contributed by atoms with E-state index in [4.69, 9.17) is 14.2 Å². The van der Waals surface area contributed by atoms with Gasteiger partial charge in [-0.2, -0.15) is 0 Å². The monoisotopic (exact) mass is 566 g/mol. The number of benzene rings is 2. The highest BCUT2D eigenvalue weighted by atomic mass is 32.2. The number of hydrogen-bond acceptors (Lipinski definition) is 6. The minimum Gasteiger partial charge on any atom is -0.490 e. The predicted molar refractivity (Wildman–Crippen MR) is 155 cm³/mol. The van der Waals surface area contributed by atoms with Gasteiger partial charge >= 0.3 is 6.09 Å². The van der Waals surface area contributed by atoms with Gasteiger partial charge in [-0.15, -0.1) is 0 Å². The van der Waals surface area contributed by atoms with Crippen molar-refractivity contribution in [1.82, 2.24) is 4.57 Å². The molecule has 1 unspecified atom stereocenters. The van der Waals surface area contributed by atoms with Gasteiger partial charge in [0, 0.05) is 36.0 Å². The second kappa shape index (κ2) is 11.1.